The third-order valence-corrected chi connectivity index (χ3v) is 3.61. The smallest absolute Gasteiger partial charge is 0.375 e. The van der Waals surface area contributed by atoms with Crippen LogP contribution in [0.2, 0.25) is 0 Å². The first-order valence-corrected chi connectivity index (χ1v) is 5.81. The second-order valence-electron chi connectivity index (χ2n) is 4.66. The summed E-state index contributed by atoms with van der Waals surface area (Å²) >= 11 is 0. The summed E-state index contributed by atoms with van der Waals surface area (Å²) in [7, 11) is 1.25. The Morgan fingerprint density at radius 1 is 1.29 bits per heavy atom. The molecule has 1 unspecified atom stereocenters. The number of hydrogen-bond donors (Lipinski definition) is 0. The Balaban J connectivity index is 2.46. The number of esters is 1. The minimum atomic E-state index is -0.746. The molecule has 1 aromatic rings. The van der Waals surface area contributed by atoms with Gasteiger partial charge in [0.05, 0.1) is 12.5 Å². The van der Waals surface area contributed by atoms with Crippen molar-refractivity contribution in [3.63, 3.8) is 0 Å². The van der Waals surface area contributed by atoms with Crippen LogP contribution in [0.3, 0.4) is 0 Å². The maximum Gasteiger partial charge on any atom is 0.375 e. The van der Waals surface area contributed by atoms with E-state index in [9.17, 15) is 9.59 Å². The second-order valence-corrected chi connectivity index (χ2v) is 4.66. The van der Waals surface area contributed by atoms with E-state index in [-0.39, 0.29) is 0 Å². The van der Waals surface area contributed by atoms with Crippen molar-refractivity contribution in [2.24, 2.45) is 0 Å². The Hall–Kier alpha value is -1.64. The van der Waals surface area contributed by atoms with Crippen LogP contribution in [0.15, 0.2) is 24.3 Å². The van der Waals surface area contributed by atoms with E-state index >= 15 is 0 Å². The average molecular weight is 232 g/mol. The van der Waals surface area contributed by atoms with Gasteiger partial charge in [0.15, 0.2) is 0 Å². The van der Waals surface area contributed by atoms with Crippen molar-refractivity contribution in [2.75, 3.05) is 7.11 Å². The van der Waals surface area contributed by atoms with Crippen molar-refractivity contribution in [1.82, 2.24) is 0 Å². The third kappa shape index (κ3) is 1.86. The molecule has 0 N–H and O–H groups in total. The molecule has 0 saturated heterocycles. The van der Waals surface area contributed by atoms with E-state index in [0.29, 0.717) is 6.42 Å². The van der Waals surface area contributed by atoms with Gasteiger partial charge in [0.2, 0.25) is 5.78 Å². The molecular formula is C14H16O3. The Labute approximate surface area is 101 Å². The number of methoxy groups -OCH3 is 1. The third-order valence-electron chi connectivity index (χ3n) is 3.61. The molecule has 0 aromatic heterocycles. The molecule has 1 aromatic carbocycles. The van der Waals surface area contributed by atoms with Crippen molar-refractivity contribution < 1.29 is 14.3 Å². The molecule has 1 atom stereocenters. The summed E-state index contributed by atoms with van der Waals surface area (Å²) in [5.41, 5.74) is 1.42. The number of aryl methyl sites for hydroxylation is 1. The van der Waals surface area contributed by atoms with Gasteiger partial charge >= 0.3 is 5.97 Å². The van der Waals surface area contributed by atoms with Gasteiger partial charge in [-0.3, -0.25) is 4.79 Å². The topological polar surface area (TPSA) is 43.4 Å². The minimum Gasteiger partial charge on any atom is -0.463 e. The molecule has 0 amide bonds. The molecule has 3 heteroatoms. The highest BCUT2D eigenvalue weighted by atomic mass is 16.5. The monoisotopic (exact) mass is 232 g/mol. The highest BCUT2D eigenvalue weighted by molar-refractivity contribution is 6.37. The highest BCUT2D eigenvalue weighted by Gasteiger charge is 2.42. The summed E-state index contributed by atoms with van der Waals surface area (Å²) in [5, 5.41) is 0. The lowest BCUT2D eigenvalue weighted by Crippen LogP contribution is -2.41. The van der Waals surface area contributed by atoms with Crippen LogP contribution in [0.5, 0.6) is 0 Å². The maximum atomic E-state index is 12.1. The average Bonchev–Trinajstić information content (AvgIpc) is 2.37. The second kappa shape index (κ2) is 4.32. The fraction of sp³-hybridized carbons (Fsp3) is 0.429. The molecule has 3 nitrogen and oxygen atoms in total. The number of carbonyl (C=O) groups excluding carboxylic acids is 2. The van der Waals surface area contributed by atoms with Crippen LogP contribution in [0.4, 0.5) is 0 Å². The van der Waals surface area contributed by atoms with Gasteiger partial charge in [0.1, 0.15) is 0 Å². The predicted octanol–water partition coefficient (Wildman–Crippen LogP) is 2.02. The lowest BCUT2D eigenvalue weighted by Gasteiger charge is -2.33. The highest BCUT2D eigenvalue weighted by Crippen LogP contribution is 2.37. The summed E-state index contributed by atoms with van der Waals surface area (Å²) in [4.78, 5) is 23.6. The van der Waals surface area contributed by atoms with Crippen molar-refractivity contribution in [1.29, 1.82) is 0 Å². The van der Waals surface area contributed by atoms with E-state index in [0.717, 1.165) is 18.4 Å². The zero-order valence-electron chi connectivity index (χ0n) is 10.2. The van der Waals surface area contributed by atoms with E-state index < -0.39 is 17.2 Å². The van der Waals surface area contributed by atoms with Gasteiger partial charge in [-0.1, -0.05) is 24.3 Å². The van der Waals surface area contributed by atoms with Crippen LogP contribution in [-0.2, 0) is 26.2 Å². The zero-order chi connectivity index (χ0) is 12.5. The van der Waals surface area contributed by atoms with Gasteiger partial charge in [0, 0.05) is 0 Å². The van der Waals surface area contributed by atoms with Gasteiger partial charge in [-0.05, 0) is 37.3 Å². The van der Waals surface area contributed by atoms with Crippen molar-refractivity contribution in [2.45, 2.75) is 31.6 Å². The van der Waals surface area contributed by atoms with E-state index in [1.54, 1.807) is 0 Å². The van der Waals surface area contributed by atoms with Crippen molar-refractivity contribution in [3.05, 3.63) is 35.4 Å². The standard InChI is InChI=1S/C14H16O3/c1-14(12(15)13(16)17-2)9-5-7-10-6-3-4-8-11(10)14/h3-4,6,8H,5,7,9H2,1-2H3. The number of benzene rings is 1. The predicted molar refractivity (Wildman–Crippen MR) is 63.8 cm³/mol. The first kappa shape index (κ1) is 11.8. The molecule has 1 aliphatic rings. The summed E-state index contributed by atoms with van der Waals surface area (Å²) in [6.45, 7) is 1.84. The molecule has 1 aliphatic carbocycles. The quantitative estimate of drug-likeness (QED) is 0.578. The molecular weight excluding hydrogens is 216 g/mol. The Kier molecular flexibility index (Phi) is 3.01. The number of hydrogen-bond acceptors (Lipinski definition) is 3. The molecule has 0 bridgehead atoms. The van der Waals surface area contributed by atoms with E-state index in [2.05, 4.69) is 4.74 Å². The molecule has 17 heavy (non-hydrogen) atoms. The molecule has 0 aliphatic heterocycles. The van der Waals surface area contributed by atoms with Crippen molar-refractivity contribution >= 4 is 11.8 Å². The Bertz CT molecular complexity index is 464. The van der Waals surface area contributed by atoms with Crippen LogP contribution >= 0.6 is 0 Å². The maximum absolute atomic E-state index is 12.1. The molecule has 0 fully saturated rings. The van der Waals surface area contributed by atoms with Crippen molar-refractivity contribution in [3.8, 4) is 0 Å². The van der Waals surface area contributed by atoms with E-state index in [4.69, 9.17) is 0 Å². The first-order chi connectivity index (χ1) is 8.09. The van der Waals surface area contributed by atoms with Gasteiger partial charge < -0.3 is 4.74 Å². The largest absolute Gasteiger partial charge is 0.463 e. The molecule has 0 radical (unpaired) electrons. The van der Waals surface area contributed by atoms with E-state index in [1.165, 1.54) is 12.7 Å². The lowest BCUT2D eigenvalue weighted by atomic mass is 9.69. The SMILES string of the molecule is COC(=O)C(=O)C1(C)CCCc2ccccc21. The van der Waals surface area contributed by atoms with E-state index in [1.807, 2.05) is 31.2 Å². The molecule has 0 spiro atoms. The number of ketones is 1. The van der Waals surface area contributed by atoms with Crippen LogP contribution in [0.1, 0.15) is 30.9 Å². The molecule has 0 saturated carbocycles. The first-order valence-electron chi connectivity index (χ1n) is 5.81. The summed E-state index contributed by atoms with van der Waals surface area (Å²) in [5.74, 6) is -1.18. The Morgan fingerprint density at radius 3 is 2.71 bits per heavy atom. The number of fused-ring (bicyclic) bond motifs is 1. The molecule has 0 heterocycles. The number of Topliss-reactive ketones (excluding diaryl/α,β-unsaturated/α-hetero) is 1. The van der Waals surface area contributed by atoms with Crippen LogP contribution in [0, 0.1) is 0 Å². The van der Waals surface area contributed by atoms with Gasteiger partial charge in [-0.2, -0.15) is 0 Å². The number of carbonyl (C=O) groups is 2. The number of rotatable bonds is 2. The Morgan fingerprint density at radius 2 is 2.00 bits per heavy atom. The summed E-state index contributed by atoms with van der Waals surface area (Å²) in [6, 6.07) is 7.84. The van der Waals surface area contributed by atoms with Crippen LogP contribution < -0.4 is 0 Å². The zero-order valence-corrected chi connectivity index (χ0v) is 10.2. The van der Waals surface area contributed by atoms with Gasteiger partial charge in [-0.15, -0.1) is 0 Å². The van der Waals surface area contributed by atoms with Gasteiger partial charge in [0.25, 0.3) is 0 Å². The van der Waals surface area contributed by atoms with Crippen LogP contribution in [0.25, 0.3) is 0 Å². The number of ether oxygens (including phenoxy) is 1. The normalized spacial score (nSPS) is 22.7. The lowest BCUT2D eigenvalue weighted by molar-refractivity contribution is -0.154. The summed E-state index contributed by atoms with van der Waals surface area (Å²) < 4.78 is 4.56. The molecule has 90 valence electrons. The fourth-order valence-electron chi connectivity index (χ4n) is 2.60. The summed E-state index contributed by atoms with van der Waals surface area (Å²) in [6.07, 6.45) is 2.61. The fourth-order valence-corrected chi connectivity index (χ4v) is 2.60. The minimum absolute atomic E-state index is 0.438. The van der Waals surface area contributed by atoms with Crippen LogP contribution in [-0.4, -0.2) is 18.9 Å². The molecule has 2 rings (SSSR count). The van der Waals surface area contributed by atoms with Gasteiger partial charge in [-0.25, -0.2) is 4.79 Å².